The fourth-order valence-electron chi connectivity index (χ4n) is 4.85. The van der Waals surface area contributed by atoms with Crippen molar-refractivity contribution in [3.8, 4) is 5.75 Å². The van der Waals surface area contributed by atoms with Crippen LogP contribution in [-0.2, 0) is 0 Å². The SMILES string of the molecule is Cc1cc(OCCCC2CCN(c3ncc(Cl)cn3)CC2)cc(C)c1C(=O)NC1CCNC1. The van der Waals surface area contributed by atoms with Gasteiger partial charge in [0.05, 0.1) is 24.0 Å². The van der Waals surface area contributed by atoms with E-state index in [1.54, 1.807) is 12.4 Å². The molecule has 0 spiro atoms. The van der Waals surface area contributed by atoms with Crippen LogP contribution < -0.4 is 20.3 Å². The summed E-state index contributed by atoms with van der Waals surface area (Å²) in [7, 11) is 0. The highest BCUT2D eigenvalue weighted by Crippen LogP contribution is 2.26. The molecule has 33 heavy (non-hydrogen) atoms. The fourth-order valence-corrected chi connectivity index (χ4v) is 4.95. The third-order valence-electron chi connectivity index (χ3n) is 6.66. The smallest absolute Gasteiger partial charge is 0.252 e. The predicted molar refractivity (Wildman–Crippen MR) is 131 cm³/mol. The van der Waals surface area contributed by atoms with E-state index in [0.29, 0.717) is 17.5 Å². The lowest BCUT2D eigenvalue weighted by atomic mass is 9.92. The van der Waals surface area contributed by atoms with Gasteiger partial charge in [-0.05, 0) is 81.7 Å². The number of carbonyl (C=O) groups is 1. The molecule has 2 N–H and O–H groups in total. The minimum atomic E-state index is 0.0144. The van der Waals surface area contributed by atoms with Gasteiger partial charge in [-0.15, -0.1) is 0 Å². The summed E-state index contributed by atoms with van der Waals surface area (Å²) in [5.41, 5.74) is 2.70. The van der Waals surface area contributed by atoms with Crippen molar-refractivity contribution in [1.29, 1.82) is 0 Å². The van der Waals surface area contributed by atoms with Gasteiger partial charge in [0, 0.05) is 31.2 Å². The van der Waals surface area contributed by atoms with Gasteiger partial charge in [0.1, 0.15) is 5.75 Å². The van der Waals surface area contributed by atoms with Crippen LogP contribution in [0.1, 0.15) is 53.6 Å². The number of carbonyl (C=O) groups excluding carboxylic acids is 1. The number of piperidine rings is 1. The lowest BCUT2D eigenvalue weighted by Gasteiger charge is -2.32. The molecular formula is C25H34ClN5O2. The second-order valence-electron chi connectivity index (χ2n) is 9.22. The average Bonchev–Trinajstić information content (AvgIpc) is 3.30. The molecule has 1 aromatic heterocycles. The Hall–Kier alpha value is -2.38. The molecule has 2 fully saturated rings. The van der Waals surface area contributed by atoms with Gasteiger partial charge >= 0.3 is 0 Å². The highest BCUT2D eigenvalue weighted by Gasteiger charge is 2.22. The van der Waals surface area contributed by atoms with Crippen LogP contribution in [0.25, 0.3) is 0 Å². The molecule has 7 nitrogen and oxygen atoms in total. The highest BCUT2D eigenvalue weighted by atomic mass is 35.5. The third-order valence-corrected chi connectivity index (χ3v) is 6.85. The normalized spacial score (nSPS) is 19.0. The largest absolute Gasteiger partial charge is 0.494 e. The van der Waals surface area contributed by atoms with Gasteiger partial charge in [0.25, 0.3) is 5.91 Å². The van der Waals surface area contributed by atoms with Gasteiger partial charge in [0.2, 0.25) is 5.95 Å². The van der Waals surface area contributed by atoms with E-state index < -0.39 is 0 Å². The number of benzene rings is 1. The minimum absolute atomic E-state index is 0.0144. The first-order valence-corrected chi connectivity index (χ1v) is 12.4. The van der Waals surface area contributed by atoms with Crippen molar-refractivity contribution in [2.45, 2.75) is 52.0 Å². The lowest BCUT2D eigenvalue weighted by Crippen LogP contribution is -2.36. The Labute approximate surface area is 201 Å². The summed E-state index contributed by atoms with van der Waals surface area (Å²) in [6.07, 6.45) is 8.76. The Balaban J connectivity index is 1.20. The molecule has 2 aliphatic rings. The van der Waals surface area contributed by atoms with Crippen molar-refractivity contribution in [3.05, 3.63) is 46.2 Å². The molecule has 0 radical (unpaired) electrons. The zero-order valence-corrected chi connectivity index (χ0v) is 20.3. The van der Waals surface area contributed by atoms with Crippen molar-refractivity contribution < 1.29 is 9.53 Å². The Morgan fingerprint density at radius 2 is 1.88 bits per heavy atom. The molecule has 0 saturated carbocycles. The summed E-state index contributed by atoms with van der Waals surface area (Å²) >= 11 is 5.88. The number of aromatic nitrogens is 2. The summed E-state index contributed by atoms with van der Waals surface area (Å²) in [6, 6.07) is 4.19. The molecule has 0 bridgehead atoms. The van der Waals surface area contributed by atoms with Crippen LogP contribution in [0.5, 0.6) is 5.75 Å². The Morgan fingerprint density at radius 3 is 2.52 bits per heavy atom. The maximum Gasteiger partial charge on any atom is 0.252 e. The van der Waals surface area contributed by atoms with Crippen molar-refractivity contribution in [3.63, 3.8) is 0 Å². The molecule has 2 saturated heterocycles. The zero-order chi connectivity index (χ0) is 23.2. The second-order valence-corrected chi connectivity index (χ2v) is 9.65. The van der Waals surface area contributed by atoms with Gasteiger partial charge in [-0.25, -0.2) is 9.97 Å². The van der Waals surface area contributed by atoms with Crippen molar-refractivity contribution in [1.82, 2.24) is 20.6 Å². The number of hydrogen-bond acceptors (Lipinski definition) is 6. The van der Waals surface area contributed by atoms with E-state index >= 15 is 0 Å². The molecule has 2 aliphatic heterocycles. The van der Waals surface area contributed by atoms with Crippen molar-refractivity contribution in [2.24, 2.45) is 5.92 Å². The second kappa shape index (κ2) is 11.2. The summed E-state index contributed by atoms with van der Waals surface area (Å²) < 4.78 is 6.04. The molecule has 4 rings (SSSR count). The molecule has 1 amide bonds. The quantitative estimate of drug-likeness (QED) is 0.568. The summed E-state index contributed by atoms with van der Waals surface area (Å²) in [5.74, 6) is 2.33. The summed E-state index contributed by atoms with van der Waals surface area (Å²) in [6.45, 7) is 8.43. The van der Waals surface area contributed by atoms with Gasteiger partial charge in [-0.2, -0.15) is 0 Å². The van der Waals surface area contributed by atoms with Crippen LogP contribution >= 0.6 is 11.6 Å². The number of rotatable bonds is 8. The predicted octanol–water partition coefficient (Wildman–Crippen LogP) is 3.91. The van der Waals surface area contributed by atoms with Crippen LogP contribution in [0.3, 0.4) is 0 Å². The lowest BCUT2D eigenvalue weighted by molar-refractivity contribution is 0.0939. The number of anilines is 1. The molecule has 0 aliphatic carbocycles. The first kappa shape index (κ1) is 23.8. The number of nitrogens with one attached hydrogen (secondary N) is 2. The first-order valence-electron chi connectivity index (χ1n) is 12.0. The topological polar surface area (TPSA) is 79.4 Å². The number of ether oxygens (including phenoxy) is 1. The number of aryl methyl sites for hydroxylation is 2. The minimum Gasteiger partial charge on any atom is -0.494 e. The van der Waals surface area contributed by atoms with Crippen molar-refractivity contribution >= 4 is 23.5 Å². The van der Waals surface area contributed by atoms with Crippen LogP contribution in [-0.4, -0.2) is 54.7 Å². The molecular weight excluding hydrogens is 438 g/mol. The number of amides is 1. The van der Waals surface area contributed by atoms with Gasteiger partial charge < -0.3 is 20.3 Å². The van der Waals surface area contributed by atoms with E-state index in [-0.39, 0.29) is 11.9 Å². The Kier molecular flexibility index (Phi) is 8.04. The van der Waals surface area contributed by atoms with E-state index in [4.69, 9.17) is 16.3 Å². The van der Waals surface area contributed by atoms with Crippen molar-refractivity contribution in [2.75, 3.05) is 37.7 Å². The standard InChI is InChI=1S/C25H34ClN5O2/c1-17-12-22(13-18(2)23(17)24(32)30-21-5-8-27-16-21)33-11-3-4-19-6-9-31(10-7-19)25-28-14-20(26)15-29-25/h12-15,19,21,27H,3-11,16H2,1-2H3,(H,30,32). The Morgan fingerprint density at radius 1 is 1.18 bits per heavy atom. The van der Waals surface area contributed by atoms with Gasteiger partial charge in [-0.3, -0.25) is 4.79 Å². The monoisotopic (exact) mass is 471 g/mol. The van der Waals surface area contributed by atoms with E-state index in [2.05, 4.69) is 25.5 Å². The summed E-state index contributed by atoms with van der Waals surface area (Å²) in [5, 5.41) is 6.99. The van der Waals surface area contributed by atoms with E-state index in [0.717, 1.165) is 86.7 Å². The molecule has 3 heterocycles. The first-order chi connectivity index (χ1) is 16.0. The maximum absolute atomic E-state index is 12.7. The molecule has 2 aromatic rings. The fraction of sp³-hybridized carbons (Fsp3) is 0.560. The third kappa shape index (κ3) is 6.36. The summed E-state index contributed by atoms with van der Waals surface area (Å²) in [4.78, 5) is 23.6. The number of nitrogens with zero attached hydrogens (tertiary/aromatic N) is 3. The molecule has 178 valence electrons. The number of hydrogen-bond donors (Lipinski definition) is 2. The van der Waals surface area contributed by atoms with Gasteiger partial charge in [-0.1, -0.05) is 11.6 Å². The maximum atomic E-state index is 12.7. The van der Waals surface area contributed by atoms with Crippen LogP contribution in [0.4, 0.5) is 5.95 Å². The van der Waals surface area contributed by atoms with Crippen LogP contribution in [0.15, 0.2) is 24.5 Å². The van der Waals surface area contributed by atoms with E-state index in [1.807, 2.05) is 26.0 Å². The van der Waals surface area contributed by atoms with Crippen LogP contribution in [0.2, 0.25) is 5.02 Å². The van der Waals surface area contributed by atoms with Gasteiger partial charge in [0.15, 0.2) is 0 Å². The molecule has 1 atom stereocenters. The van der Waals surface area contributed by atoms with E-state index in [9.17, 15) is 4.79 Å². The average molecular weight is 472 g/mol. The Bertz CT molecular complexity index is 915. The highest BCUT2D eigenvalue weighted by molar-refractivity contribution is 6.30. The van der Waals surface area contributed by atoms with E-state index in [1.165, 1.54) is 0 Å². The number of halogens is 1. The van der Waals surface area contributed by atoms with Crippen LogP contribution in [0, 0.1) is 19.8 Å². The molecule has 8 heteroatoms. The zero-order valence-electron chi connectivity index (χ0n) is 19.6. The molecule has 1 aromatic carbocycles. The molecule has 1 unspecified atom stereocenters.